The van der Waals surface area contributed by atoms with Crippen LogP contribution in [0.1, 0.15) is 17.5 Å². The summed E-state index contributed by atoms with van der Waals surface area (Å²) in [4.78, 5) is 3.70. The Morgan fingerprint density at radius 3 is 2.76 bits per heavy atom. The zero-order valence-corrected chi connectivity index (χ0v) is 13.5. The number of hydrogen-bond acceptors (Lipinski definition) is 3. The number of anilines is 1. The Bertz CT molecular complexity index is 630. The third-order valence-corrected chi connectivity index (χ3v) is 5.10. The molecule has 110 valence electrons. The van der Waals surface area contributed by atoms with Crippen LogP contribution in [0.3, 0.4) is 0 Å². The summed E-state index contributed by atoms with van der Waals surface area (Å²) in [5, 5.41) is 0.793. The first-order chi connectivity index (χ1) is 10.3. The normalized spacial score (nSPS) is 14.1. The smallest absolute Gasteiger partial charge is 0.0522 e. The highest BCUT2D eigenvalue weighted by atomic mass is 35.5. The summed E-state index contributed by atoms with van der Waals surface area (Å²) in [6.07, 6.45) is 0.985. The van der Waals surface area contributed by atoms with Crippen LogP contribution in [0.15, 0.2) is 47.4 Å². The molecule has 0 saturated carbocycles. The van der Waals surface area contributed by atoms with Crippen molar-refractivity contribution in [3.8, 4) is 0 Å². The number of halogens is 1. The van der Waals surface area contributed by atoms with Gasteiger partial charge in [-0.15, -0.1) is 11.8 Å². The van der Waals surface area contributed by atoms with Gasteiger partial charge in [0.1, 0.15) is 0 Å². The van der Waals surface area contributed by atoms with Gasteiger partial charge in [0.2, 0.25) is 0 Å². The number of hydrogen-bond donors (Lipinski definition) is 1. The first-order valence-electron chi connectivity index (χ1n) is 7.22. The summed E-state index contributed by atoms with van der Waals surface area (Å²) in [5.74, 6) is 1.01. The molecular formula is C17H19ClN2S. The summed E-state index contributed by atoms with van der Waals surface area (Å²) in [6.45, 7) is 2.59. The molecule has 0 amide bonds. The molecule has 3 rings (SSSR count). The highest BCUT2D eigenvalue weighted by Crippen LogP contribution is 2.38. The molecule has 0 saturated heterocycles. The molecular weight excluding hydrogens is 300 g/mol. The number of nitrogens with two attached hydrogens (primary N) is 1. The summed E-state index contributed by atoms with van der Waals surface area (Å²) >= 11 is 8.09. The van der Waals surface area contributed by atoms with E-state index in [1.54, 1.807) is 0 Å². The fraction of sp³-hybridized carbons (Fsp3) is 0.294. The molecule has 2 N–H and O–H groups in total. The second-order valence-corrected chi connectivity index (χ2v) is 6.69. The average Bonchev–Trinajstić information content (AvgIpc) is 2.49. The maximum atomic E-state index is 6.21. The van der Waals surface area contributed by atoms with E-state index in [9.17, 15) is 0 Å². The van der Waals surface area contributed by atoms with Crippen LogP contribution in [-0.4, -0.2) is 13.1 Å². The molecule has 0 unspecified atom stereocenters. The Hall–Kier alpha value is -1.16. The molecule has 2 aromatic carbocycles. The second kappa shape index (κ2) is 6.73. The number of rotatable bonds is 3. The van der Waals surface area contributed by atoms with Crippen molar-refractivity contribution in [2.24, 2.45) is 5.73 Å². The van der Waals surface area contributed by atoms with Gasteiger partial charge in [-0.05, 0) is 42.3 Å². The highest BCUT2D eigenvalue weighted by molar-refractivity contribution is 7.98. The van der Waals surface area contributed by atoms with E-state index in [1.165, 1.54) is 21.7 Å². The summed E-state index contributed by atoms with van der Waals surface area (Å²) in [7, 11) is 0. The van der Waals surface area contributed by atoms with E-state index >= 15 is 0 Å². The second-order valence-electron chi connectivity index (χ2n) is 5.23. The van der Waals surface area contributed by atoms with Crippen LogP contribution < -0.4 is 10.6 Å². The summed E-state index contributed by atoms with van der Waals surface area (Å²) in [6, 6.07) is 14.9. The van der Waals surface area contributed by atoms with Crippen molar-refractivity contribution >= 4 is 29.1 Å². The molecule has 1 aliphatic rings. The minimum absolute atomic E-state index is 0.710. The van der Waals surface area contributed by atoms with Crippen LogP contribution in [0.5, 0.6) is 0 Å². The molecule has 0 atom stereocenters. The fourth-order valence-corrected chi connectivity index (χ4v) is 3.90. The van der Waals surface area contributed by atoms with Gasteiger partial charge in [0.15, 0.2) is 0 Å². The van der Waals surface area contributed by atoms with Gasteiger partial charge in [-0.1, -0.05) is 35.9 Å². The zero-order valence-electron chi connectivity index (χ0n) is 11.9. The largest absolute Gasteiger partial charge is 0.366 e. The van der Waals surface area contributed by atoms with Gasteiger partial charge in [0, 0.05) is 28.8 Å². The number of fused-ring (bicyclic) bond motifs is 2. The molecule has 2 aromatic rings. The topological polar surface area (TPSA) is 29.3 Å². The molecule has 1 heterocycles. The van der Waals surface area contributed by atoms with Gasteiger partial charge in [-0.3, -0.25) is 0 Å². The minimum Gasteiger partial charge on any atom is -0.366 e. The summed E-state index contributed by atoms with van der Waals surface area (Å²) in [5.41, 5.74) is 9.75. The standard InChI is InChI=1S/C17H19ClN2S/c18-15-6-7-17-16(10-15)20(9-3-8-19)11-13-4-1-2-5-14(13)12-21-17/h1-2,4-7,10H,3,8-9,11-12,19H2. The van der Waals surface area contributed by atoms with Crippen molar-refractivity contribution in [2.75, 3.05) is 18.0 Å². The molecule has 21 heavy (non-hydrogen) atoms. The van der Waals surface area contributed by atoms with E-state index in [4.69, 9.17) is 17.3 Å². The van der Waals surface area contributed by atoms with Gasteiger partial charge in [0.25, 0.3) is 0 Å². The maximum Gasteiger partial charge on any atom is 0.0522 e. The third-order valence-electron chi connectivity index (χ3n) is 3.76. The molecule has 1 aliphatic heterocycles. The SMILES string of the molecule is NCCCN1Cc2ccccc2CSc2ccc(Cl)cc21. The Morgan fingerprint density at radius 1 is 1.14 bits per heavy atom. The van der Waals surface area contributed by atoms with Gasteiger partial charge < -0.3 is 10.6 Å². The number of nitrogens with zero attached hydrogens (tertiary/aromatic N) is 1. The highest BCUT2D eigenvalue weighted by Gasteiger charge is 2.17. The van der Waals surface area contributed by atoms with Crippen molar-refractivity contribution in [2.45, 2.75) is 23.6 Å². The van der Waals surface area contributed by atoms with E-state index in [2.05, 4.69) is 41.3 Å². The van der Waals surface area contributed by atoms with Crippen LogP contribution in [0.25, 0.3) is 0 Å². The monoisotopic (exact) mass is 318 g/mol. The van der Waals surface area contributed by atoms with Gasteiger partial charge in [0.05, 0.1) is 5.69 Å². The van der Waals surface area contributed by atoms with Crippen molar-refractivity contribution in [3.05, 3.63) is 58.6 Å². The fourth-order valence-electron chi connectivity index (χ4n) is 2.64. The van der Waals surface area contributed by atoms with Crippen LogP contribution in [0.4, 0.5) is 5.69 Å². The lowest BCUT2D eigenvalue weighted by molar-refractivity contribution is 0.727. The van der Waals surface area contributed by atoms with E-state index in [1.807, 2.05) is 17.8 Å². The number of benzene rings is 2. The van der Waals surface area contributed by atoms with Crippen molar-refractivity contribution in [1.82, 2.24) is 0 Å². The van der Waals surface area contributed by atoms with Gasteiger partial charge in [-0.25, -0.2) is 0 Å². The third kappa shape index (κ3) is 3.37. The van der Waals surface area contributed by atoms with Crippen LogP contribution in [0, 0.1) is 0 Å². The van der Waals surface area contributed by atoms with Crippen molar-refractivity contribution in [1.29, 1.82) is 0 Å². The van der Waals surface area contributed by atoms with Crippen molar-refractivity contribution < 1.29 is 0 Å². The van der Waals surface area contributed by atoms with Crippen LogP contribution in [0.2, 0.25) is 5.02 Å². The molecule has 0 radical (unpaired) electrons. The van der Waals surface area contributed by atoms with E-state index < -0.39 is 0 Å². The first-order valence-corrected chi connectivity index (χ1v) is 8.58. The minimum atomic E-state index is 0.710. The van der Waals surface area contributed by atoms with Crippen LogP contribution in [-0.2, 0) is 12.3 Å². The lowest BCUT2D eigenvalue weighted by Crippen LogP contribution is -2.27. The lowest BCUT2D eigenvalue weighted by Gasteiger charge is -2.30. The van der Waals surface area contributed by atoms with E-state index in [0.717, 1.165) is 30.3 Å². The van der Waals surface area contributed by atoms with Gasteiger partial charge >= 0.3 is 0 Å². The molecule has 2 nitrogen and oxygen atoms in total. The zero-order chi connectivity index (χ0) is 14.7. The average molecular weight is 319 g/mol. The predicted octanol–water partition coefficient (Wildman–Crippen LogP) is 4.30. The Balaban J connectivity index is 1.99. The molecule has 0 fully saturated rings. The quantitative estimate of drug-likeness (QED) is 0.914. The van der Waals surface area contributed by atoms with Crippen LogP contribution >= 0.6 is 23.4 Å². The van der Waals surface area contributed by atoms with E-state index in [0.29, 0.717) is 6.54 Å². The Morgan fingerprint density at radius 2 is 1.95 bits per heavy atom. The summed E-state index contributed by atoms with van der Waals surface area (Å²) < 4.78 is 0. The molecule has 0 aliphatic carbocycles. The molecule has 0 bridgehead atoms. The first kappa shape index (κ1) is 14.8. The number of thioether (sulfide) groups is 1. The lowest BCUT2D eigenvalue weighted by atomic mass is 10.1. The van der Waals surface area contributed by atoms with Gasteiger partial charge in [-0.2, -0.15) is 0 Å². The predicted molar refractivity (Wildman–Crippen MR) is 92.2 cm³/mol. The maximum absolute atomic E-state index is 6.21. The Kier molecular flexibility index (Phi) is 4.73. The molecule has 0 spiro atoms. The molecule has 0 aromatic heterocycles. The van der Waals surface area contributed by atoms with E-state index in [-0.39, 0.29) is 0 Å². The Labute approximate surface area is 135 Å². The molecule has 4 heteroatoms. The van der Waals surface area contributed by atoms with Crippen molar-refractivity contribution in [3.63, 3.8) is 0 Å².